The van der Waals surface area contributed by atoms with E-state index in [1.165, 1.54) is 15.7 Å². The van der Waals surface area contributed by atoms with Gasteiger partial charge in [-0.05, 0) is 29.3 Å². The van der Waals surface area contributed by atoms with Crippen molar-refractivity contribution in [1.82, 2.24) is 0 Å². The molecule has 0 aliphatic heterocycles. The van der Waals surface area contributed by atoms with Gasteiger partial charge in [-0.2, -0.15) is 0 Å². The van der Waals surface area contributed by atoms with Crippen molar-refractivity contribution in [2.45, 2.75) is 36.5 Å². The molecule has 0 saturated heterocycles. The minimum absolute atomic E-state index is 0.270. The first-order chi connectivity index (χ1) is 8.20. The molecule has 2 aromatic rings. The number of thioether (sulfide) groups is 1. The van der Waals surface area contributed by atoms with Gasteiger partial charge < -0.3 is 5.73 Å². The van der Waals surface area contributed by atoms with Crippen LogP contribution in [0.1, 0.15) is 20.3 Å². The summed E-state index contributed by atoms with van der Waals surface area (Å²) >= 11 is 1.87. The van der Waals surface area contributed by atoms with Crippen LogP contribution in [0.3, 0.4) is 0 Å². The van der Waals surface area contributed by atoms with Gasteiger partial charge in [0.2, 0.25) is 0 Å². The van der Waals surface area contributed by atoms with E-state index in [9.17, 15) is 0 Å². The molecule has 2 heteroatoms. The molecule has 2 aromatic carbocycles. The molecule has 1 nitrogen and oxygen atoms in total. The molecule has 0 radical (unpaired) electrons. The van der Waals surface area contributed by atoms with Crippen LogP contribution in [0.2, 0.25) is 0 Å². The summed E-state index contributed by atoms with van der Waals surface area (Å²) in [6.45, 7) is 4.34. The summed E-state index contributed by atoms with van der Waals surface area (Å²) in [6.07, 6.45) is 1.03. The van der Waals surface area contributed by atoms with Gasteiger partial charge in [-0.15, -0.1) is 11.8 Å². The second-order valence-electron chi connectivity index (χ2n) is 4.40. The number of hydrogen-bond acceptors (Lipinski definition) is 2. The Morgan fingerprint density at radius 2 is 1.82 bits per heavy atom. The van der Waals surface area contributed by atoms with Gasteiger partial charge in [0.25, 0.3) is 0 Å². The third kappa shape index (κ3) is 3.02. The minimum Gasteiger partial charge on any atom is -0.327 e. The first-order valence-electron chi connectivity index (χ1n) is 6.11. The Hall–Kier alpha value is -0.990. The lowest BCUT2D eigenvalue weighted by Gasteiger charge is -2.17. The summed E-state index contributed by atoms with van der Waals surface area (Å²) in [6, 6.07) is 15.3. The standard InChI is InChI=1S/C15H19NS/c1-3-15(16)11(2)17-14-9-8-12-6-4-5-7-13(12)10-14/h4-11,15H,3,16H2,1-2H3. The zero-order valence-corrected chi connectivity index (χ0v) is 11.2. The van der Waals surface area contributed by atoms with Crippen LogP contribution < -0.4 is 5.73 Å². The highest BCUT2D eigenvalue weighted by atomic mass is 32.2. The van der Waals surface area contributed by atoms with E-state index in [0.717, 1.165) is 6.42 Å². The van der Waals surface area contributed by atoms with E-state index >= 15 is 0 Å². The Kier molecular flexibility index (Phi) is 4.08. The molecular weight excluding hydrogens is 226 g/mol. The SMILES string of the molecule is CCC(N)C(C)Sc1ccc2ccccc2c1. The lowest BCUT2D eigenvalue weighted by Crippen LogP contribution is -2.29. The van der Waals surface area contributed by atoms with Gasteiger partial charge in [-0.25, -0.2) is 0 Å². The van der Waals surface area contributed by atoms with Crippen LogP contribution in [0.4, 0.5) is 0 Å². The summed E-state index contributed by atoms with van der Waals surface area (Å²) in [5, 5.41) is 3.06. The van der Waals surface area contributed by atoms with Gasteiger partial charge in [0.15, 0.2) is 0 Å². The summed E-state index contributed by atoms with van der Waals surface area (Å²) in [7, 11) is 0. The summed E-state index contributed by atoms with van der Waals surface area (Å²) < 4.78 is 0. The number of hydrogen-bond donors (Lipinski definition) is 1. The molecule has 0 aromatic heterocycles. The Morgan fingerprint density at radius 3 is 2.53 bits per heavy atom. The molecule has 0 aliphatic carbocycles. The van der Waals surface area contributed by atoms with E-state index in [1.54, 1.807) is 0 Å². The quantitative estimate of drug-likeness (QED) is 0.822. The molecule has 0 bridgehead atoms. The molecule has 0 spiro atoms. The molecule has 2 unspecified atom stereocenters. The maximum atomic E-state index is 6.06. The molecule has 2 atom stereocenters. The van der Waals surface area contributed by atoms with E-state index in [4.69, 9.17) is 5.73 Å². The zero-order chi connectivity index (χ0) is 12.3. The molecule has 0 heterocycles. The van der Waals surface area contributed by atoms with Crippen LogP contribution in [-0.2, 0) is 0 Å². The van der Waals surface area contributed by atoms with E-state index in [1.807, 2.05) is 11.8 Å². The van der Waals surface area contributed by atoms with Crippen molar-refractivity contribution in [3.05, 3.63) is 42.5 Å². The van der Waals surface area contributed by atoms with Crippen LogP contribution >= 0.6 is 11.8 Å². The van der Waals surface area contributed by atoms with Crippen LogP contribution in [0.5, 0.6) is 0 Å². The van der Waals surface area contributed by atoms with E-state index in [0.29, 0.717) is 5.25 Å². The fraction of sp³-hybridized carbons (Fsp3) is 0.333. The van der Waals surface area contributed by atoms with Crippen molar-refractivity contribution < 1.29 is 0 Å². The molecular formula is C15H19NS. The van der Waals surface area contributed by atoms with Crippen LogP contribution in [0.25, 0.3) is 10.8 Å². The summed E-state index contributed by atoms with van der Waals surface area (Å²) in [5.74, 6) is 0. The lowest BCUT2D eigenvalue weighted by molar-refractivity contribution is 0.642. The first-order valence-corrected chi connectivity index (χ1v) is 6.99. The van der Waals surface area contributed by atoms with E-state index < -0.39 is 0 Å². The highest BCUT2D eigenvalue weighted by Crippen LogP contribution is 2.28. The average molecular weight is 245 g/mol. The number of fused-ring (bicyclic) bond motifs is 1. The van der Waals surface area contributed by atoms with E-state index in [-0.39, 0.29) is 6.04 Å². The Morgan fingerprint density at radius 1 is 1.12 bits per heavy atom. The zero-order valence-electron chi connectivity index (χ0n) is 10.4. The Labute approximate surface area is 107 Å². The second-order valence-corrected chi connectivity index (χ2v) is 5.85. The van der Waals surface area contributed by atoms with Crippen molar-refractivity contribution in [3.63, 3.8) is 0 Å². The van der Waals surface area contributed by atoms with Crippen molar-refractivity contribution >= 4 is 22.5 Å². The van der Waals surface area contributed by atoms with Gasteiger partial charge >= 0.3 is 0 Å². The van der Waals surface area contributed by atoms with Crippen molar-refractivity contribution in [2.24, 2.45) is 5.73 Å². The van der Waals surface area contributed by atoms with Gasteiger partial charge in [0.1, 0.15) is 0 Å². The molecule has 0 fully saturated rings. The molecule has 90 valence electrons. The molecule has 0 aliphatic rings. The van der Waals surface area contributed by atoms with E-state index in [2.05, 4.69) is 56.3 Å². The molecule has 2 rings (SSSR count). The van der Waals surface area contributed by atoms with Crippen molar-refractivity contribution in [3.8, 4) is 0 Å². The third-order valence-corrected chi connectivity index (χ3v) is 4.36. The maximum absolute atomic E-state index is 6.06. The summed E-state index contributed by atoms with van der Waals surface area (Å²) in [5.41, 5.74) is 6.06. The normalized spacial score (nSPS) is 14.8. The number of rotatable bonds is 4. The highest BCUT2D eigenvalue weighted by molar-refractivity contribution is 8.00. The first kappa shape index (κ1) is 12.5. The van der Waals surface area contributed by atoms with Gasteiger partial charge in [0, 0.05) is 16.2 Å². The largest absolute Gasteiger partial charge is 0.327 e. The second kappa shape index (κ2) is 5.56. The highest BCUT2D eigenvalue weighted by Gasteiger charge is 2.11. The van der Waals surface area contributed by atoms with Gasteiger partial charge in [-0.1, -0.05) is 44.2 Å². The third-order valence-electron chi connectivity index (χ3n) is 3.12. The minimum atomic E-state index is 0.270. The monoisotopic (exact) mass is 245 g/mol. The average Bonchev–Trinajstić information content (AvgIpc) is 2.37. The lowest BCUT2D eigenvalue weighted by atomic mass is 10.1. The fourth-order valence-electron chi connectivity index (χ4n) is 1.87. The van der Waals surface area contributed by atoms with Gasteiger partial charge in [0.05, 0.1) is 0 Å². The number of nitrogens with two attached hydrogens (primary N) is 1. The van der Waals surface area contributed by atoms with Gasteiger partial charge in [-0.3, -0.25) is 0 Å². The Bertz CT molecular complexity index is 495. The van der Waals surface area contributed by atoms with Crippen molar-refractivity contribution in [2.75, 3.05) is 0 Å². The summed E-state index contributed by atoms with van der Waals surface area (Å²) in [4.78, 5) is 1.31. The topological polar surface area (TPSA) is 26.0 Å². The van der Waals surface area contributed by atoms with Crippen molar-refractivity contribution in [1.29, 1.82) is 0 Å². The number of benzene rings is 2. The molecule has 0 amide bonds. The van der Waals surface area contributed by atoms with Crippen LogP contribution in [-0.4, -0.2) is 11.3 Å². The predicted octanol–water partition coefficient (Wildman–Crippen LogP) is 4.06. The maximum Gasteiger partial charge on any atom is 0.0217 e. The molecule has 17 heavy (non-hydrogen) atoms. The smallest absolute Gasteiger partial charge is 0.0217 e. The molecule has 0 saturated carbocycles. The predicted molar refractivity (Wildman–Crippen MR) is 77.5 cm³/mol. The van der Waals surface area contributed by atoms with Crippen LogP contribution in [0, 0.1) is 0 Å². The fourth-order valence-corrected chi connectivity index (χ4v) is 3.01. The van der Waals surface area contributed by atoms with Crippen LogP contribution in [0.15, 0.2) is 47.4 Å². The molecule has 2 N–H and O–H groups in total. The Balaban J connectivity index is 2.19.